The van der Waals surface area contributed by atoms with Gasteiger partial charge in [-0.25, -0.2) is 22.3 Å². The number of halogens is 1. The minimum atomic E-state index is -3.81. The van der Waals surface area contributed by atoms with E-state index in [9.17, 15) is 18.0 Å². The van der Waals surface area contributed by atoms with Crippen LogP contribution in [0.4, 0.5) is 0 Å². The summed E-state index contributed by atoms with van der Waals surface area (Å²) in [6.07, 6.45) is -1.04. The average Bonchev–Trinajstić information content (AvgIpc) is 2.76. The monoisotopic (exact) mass is 361 g/mol. The third kappa shape index (κ3) is 3.65. The number of carbonyl (C=O) groups is 2. The van der Waals surface area contributed by atoms with Crippen LogP contribution in [0.5, 0.6) is 0 Å². The smallest absolute Gasteiger partial charge is 0.347 e. The van der Waals surface area contributed by atoms with Crippen LogP contribution in [0.3, 0.4) is 0 Å². The van der Waals surface area contributed by atoms with Gasteiger partial charge in [0.05, 0.1) is 10.6 Å². The lowest BCUT2D eigenvalue weighted by molar-refractivity contribution is -0.147. The Morgan fingerprint density at radius 3 is 2.57 bits per heavy atom. The summed E-state index contributed by atoms with van der Waals surface area (Å²) in [7, 11) is -1.10. The van der Waals surface area contributed by atoms with Crippen molar-refractivity contribution in [3.8, 4) is 0 Å². The molecule has 23 heavy (non-hydrogen) atoms. The van der Waals surface area contributed by atoms with E-state index in [1.54, 1.807) is 6.92 Å². The molecule has 126 valence electrons. The molecule has 1 heterocycles. The SMILES string of the molecule is C[C@@H]1C[C@H](OC(=O)c2ccc(Cl)c(S(=O)(=O)N(C)C)c2)C(=O)O1. The van der Waals surface area contributed by atoms with E-state index in [1.165, 1.54) is 26.2 Å². The van der Waals surface area contributed by atoms with E-state index in [-0.39, 0.29) is 28.0 Å². The highest BCUT2D eigenvalue weighted by Gasteiger charge is 2.35. The van der Waals surface area contributed by atoms with Crippen molar-refractivity contribution in [2.45, 2.75) is 30.4 Å². The van der Waals surface area contributed by atoms with Gasteiger partial charge in [-0.1, -0.05) is 11.6 Å². The number of sulfonamides is 1. The van der Waals surface area contributed by atoms with Crippen LogP contribution in [0.25, 0.3) is 0 Å². The number of rotatable bonds is 4. The highest BCUT2D eigenvalue weighted by molar-refractivity contribution is 7.89. The molecule has 0 bridgehead atoms. The van der Waals surface area contributed by atoms with Gasteiger partial charge >= 0.3 is 11.9 Å². The standard InChI is InChI=1S/C14H16ClNO6S/c1-8-6-11(14(18)21-8)22-13(17)9-4-5-10(15)12(7-9)23(19,20)16(2)3/h4-5,7-8,11H,6H2,1-3H3/t8-,11+/m1/s1. The zero-order chi connectivity index (χ0) is 17.4. The largest absolute Gasteiger partial charge is 0.460 e. The van der Waals surface area contributed by atoms with Gasteiger partial charge in [0.1, 0.15) is 11.0 Å². The zero-order valence-corrected chi connectivity index (χ0v) is 14.3. The Labute approximate surface area is 139 Å². The molecular weight excluding hydrogens is 346 g/mol. The van der Waals surface area contributed by atoms with Crippen LogP contribution < -0.4 is 0 Å². The van der Waals surface area contributed by atoms with E-state index >= 15 is 0 Å². The summed E-state index contributed by atoms with van der Waals surface area (Å²) < 4.78 is 35.3. The lowest BCUT2D eigenvalue weighted by Gasteiger charge is -2.14. The van der Waals surface area contributed by atoms with Crippen molar-refractivity contribution < 1.29 is 27.5 Å². The maximum absolute atomic E-state index is 12.2. The second-order valence-corrected chi connectivity index (χ2v) is 7.84. The maximum Gasteiger partial charge on any atom is 0.347 e. The third-order valence-corrected chi connectivity index (χ3v) is 5.60. The Morgan fingerprint density at radius 2 is 2.04 bits per heavy atom. The fourth-order valence-electron chi connectivity index (χ4n) is 2.04. The number of ether oxygens (including phenoxy) is 2. The Hall–Kier alpha value is -1.64. The normalized spacial score (nSPS) is 21.3. The van der Waals surface area contributed by atoms with Crippen LogP contribution in [-0.2, 0) is 24.3 Å². The Morgan fingerprint density at radius 1 is 1.39 bits per heavy atom. The predicted molar refractivity (Wildman–Crippen MR) is 81.7 cm³/mol. The lowest BCUT2D eigenvalue weighted by Crippen LogP contribution is -2.24. The summed E-state index contributed by atoms with van der Waals surface area (Å²) in [5.41, 5.74) is -0.0119. The molecule has 1 fully saturated rings. The van der Waals surface area contributed by atoms with E-state index in [4.69, 9.17) is 21.1 Å². The summed E-state index contributed by atoms with van der Waals surface area (Å²) in [5.74, 6) is -1.42. The first-order valence-electron chi connectivity index (χ1n) is 6.76. The van der Waals surface area contributed by atoms with E-state index in [1.807, 2.05) is 0 Å². The zero-order valence-electron chi connectivity index (χ0n) is 12.8. The summed E-state index contributed by atoms with van der Waals surface area (Å²) in [6.45, 7) is 1.69. The number of benzene rings is 1. The van der Waals surface area contributed by atoms with Gasteiger partial charge in [0.25, 0.3) is 0 Å². The van der Waals surface area contributed by atoms with Gasteiger partial charge in [0, 0.05) is 20.5 Å². The molecular formula is C14H16ClNO6S. The van der Waals surface area contributed by atoms with Crippen molar-refractivity contribution in [1.82, 2.24) is 4.31 Å². The maximum atomic E-state index is 12.2. The van der Waals surface area contributed by atoms with Gasteiger partial charge in [0.2, 0.25) is 16.1 Å². The van der Waals surface area contributed by atoms with Gasteiger partial charge in [0.15, 0.2) is 0 Å². The molecule has 1 aliphatic heterocycles. The predicted octanol–water partition coefficient (Wildman–Crippen LogP) is 1.45. The van der Waals surface area contributed by atoms with Crippen molar-refractivity contribution in [3.63, 3.8) is 0 Å². The first-order valence-corrected chi connectivity index (χ1v) is 8.58. The molecule has 0 saturated carbocycles. The van der Waals surface area contributed by atoms with Crippen LogP contribution in [0.15, 0.2) is 23.1 Å². The number of hydrogen-bond acceptors (Lipinski definition) is 6. The second-order valence-electron chi connectivity index (χ2n) is 5.31. The minimum Gasteiger partial charge on any atom is -0.460 e. The van der Waals surface area contributed by atoms with Gasteiger partial charge < -0.3 is 9.47 Å². The van der Waals surface area contributed by atoms with Crippen LogP contribution in [0.2, 0.25) is 5.02 Å². The molecule has 0 spiro atoms. The second kappa shape index (κ2) is 6.46. The number of hydrogen-bond donors (Lipinski definition) is 0. The number of nitrogens with zero attached hydrogens (tertiary/aromatic N) is 1. The number of carbonyl (C=O) groups excluding carboxylic acids is 2. The number of cyclic esters (lactones) is 1. The first-order chi connectivity index (χ1) is 10.6. The topological polar surface area (TPSA) is 90.0 Å². The van der Waals surface area contributed by atoms with Crippen molar-refractivity contribution >= 4 is 33.6 Å². The van der Waals surface area contributed by atoms with Crippen LogP contribution in [0, 0.1) is 0 Å². The minimum absolute atomic E-state index is 0.0100. The molecule has 0 N–H and O–H groups in total. The van der Waals surface area contributed by atoms with Crippen molar-refractivity contribution in [1.29, 1.82) is 0 Å². The van der Waals surface area contributed by atoms with E-state index in [2.05, 4.69) is 0 Å². The van der Waals surface area contributed by atoms with Crippen LogP contribution >= 0.6 is 11.6 Å². The van der Waals surface area contributed by atoms with Gasteiger partial charge in [-0.05, 0) is 25.1 Å². The lowest BCUT2D eigenvalue weighted by atomic mass is 10.2. The molecule has 2 rings (SSSR count). The number of esters is 2. The Kier molecular flexibility index (Phi) is 4.98. The van der Waals surface area contributed by atoms with E-state index in [0.717, 1.165) is 10.4 Å². The summed E-state index contributed by atoms with van der Waals surface area (Å²) in [4.78, 5) is 23.4. The molecule has 1 aromatic rings. The van der Waals surface area contributed by atoms with Crippen LogP contribution in [-0.4, -0.2) is 51.0 Å². The molecule has 0 amide bonds. The molecule has 7 nitrogen and oxygen atoms in total. The van der Waals surface area contributed by atoms with Crippen molar-refractivity contribution in [2.75, 3.05) is 14.1 Å². The summed E-state index contributed by atoms with van der Waals surface area (Å²) in [6, 6.07) is 3.76. The van der Waals surface area contributed by atoms with Gasteiger partial charge in [-0.2, -0.15) is 0 Å². The molecule has 2 atom stereocenters. The van der Waals surface area contributed by atoms with Crippen LogP contribution in [0.1, 0.15) is 23.7 Å². The first kappa shape index (κ1) is 17.7. The average molecular weight is 362 g/mol. The molecule has 1 aromatic carbocycles. The summed E-state index contributed by atoms with van der Waals surface area (Å²) >= 11 is 5.91. The molecule has 1 saturated heterocycles. The molecule has 0 radical (unpaired) electrons. The molecule has 0 aliphatic carbocycles. The highest BCUT2D eigenvalue weighted by atomic mass is 35.5. The van der Waals surface area contributed by atoms with Gasteiger partial charge in [-0.3, -0.25) is 0 Å². The quantitative estimate of drug-likeness (QED) is 0.754. The highest BCUT2D eigenvalue weighted by Crippen LogP contribution is 2.26. The molecule has 0 unspecified atom stereocenters. The van der Waals surface area contributed by atoms with Crippen molar-refractivity contribution in [3.05, 3.63) is 28.8 Å². The van der Waals surface area contributed by atoms with E-state index in [0.29, 0.717) is 0 Å². The third-order valence-electron chi connectivity index (χ3n) is 3.30. The summed E-state index contributed by atoms with van der Waals surface area (Å²) in [5, 5.41) is -0.0100. The fraction of sp³-hybridized carbons (Fsp3) is 0.429. The van der Waals surface area contributed by atoms with Crippen molar-refractivity contribution in [2.24, 2.45) is 0 Å². The Balaban J connectivity index is 2.27. The molecule has 9 heteroatoms. The van der Waals surface area contributed by atoms with E-state index < -0.39 is 28.1 Å². The van der Waals surface area contributed by atoms with Gasteiger partial charge in [-0.15, -0.1) is 0 Å². The molecule has 1 aliphatic rings. The molecule has 0 aromatic heterocycles. The fourth-order valence-corrected chi connectivity index (χ4v) is 3.43. The Bertz CT molecular complexity index is 746.